The van der Waals surface area contributed by atoms with Gasteiger partial charge in [-0.05, 0) is 35.9 Å². The zero-order valence-corrected chi connectivity index (χ0v) is 24.0. The van der Waals surface area contributed by atoms with Crippen LogP contribution in [0.1, 0.15) is 24.2 Å². The molecule has 1 N–H and O–H groups in total. The number of thiazole rings is 1. The van der Waals surface area contributed by atoms with E-state index in [9.17, 15) is 13.2 Å². The van der Waals surface area contributed by atoms with Crippen molar-refractivity contribution in [2.45, 2.75) is 17.9 Å². The molecule has 4 aromatic rings. The Hall–Kier alpha value is -3.67. The first kappa shape index (κ1) is 28.3. The van der Waals surface area contributed by atoms with Crippen molar-refractivity contribution in [3.8, 4) is 17.2 Å². The lowest BCUT2D eigenvalue weighted by molar-refractivity contribution is -0.123. The number of anilines is 1. The van der Waals surface area contributed by atoms with Crippen molar-refractivity contribution in [1.82, 2.24) is 4.98 Å². The lowest BCUT2D eigenvalue weighted by atomic mass is 10.1. The summed E-state index contributed by atoms with van der Waals surface area (Å²) in [5.41, 5.74) is 1.82. The molecule has 1 atom stereocenters. The van der Waals surface area contributed by atoms with Gasteiger partial charge in [0, 0.05) is 31.0 Å². The van der Waals surface area contributed by atoms with Crippen molar-refractivity contribution in [2.75, 3.05) is 32.3 Å². The third-order valence-corrected chi connectivity index (χ3v) is 8.74. The predicted molar refractivity (Wildman–Crippen MR) is 154 cm³/mol. The molecule has 0 bridgehead atoms. The van der Waals surface area contributed by atoms with Crippen LogP contribution in [0, 0.1) is 0 Å². The van der Waals surface area contributed by atoms with Gasteiger partial charge in [0.1, 0.15) is 5.75 Å². The van der Waals surface area contributed by atoms with Gasteiger partial charge in [0.15, 0.2) is 26.5 Å². The fraction of sp³-hybridized carbons (Fsp3) is 0.222. The monoisotopic (exact) mass is 587 g/mol. The molecule has 0 aliphatic heterocycles. The molecule has 204 valence electrons. The first-order valence-electron chi connectivity index (χ1n) is 11.7. The largest absolute Gasteiger partial charge is 0.493 e. The lowest BCUT2D eigenvalue weighted by Crippen LogP contribution is -2.26. The average molecular weight is 588 g/mol. The summed E-state index contributed by atoms with van der Waals surface area (Å²) in [7, 11) is 1.31. The molecule has 1 unspecified atom stereocenters. The number of ether oxygens (including phenoxy) is 3. The Bertz CT molecular complexity index is 1590. The van der Waals surface area contributed by atoms with Gasteiger partial charge in [-0.15, -0.1) is 0 Å². The molecular weight excluding hydrogens is 562 g/mol. The molecule has 0 radical (unpaired) electrons. The van der Waals surface area contributed by atoms with Crippen LogP contribution in [0.5, 0.6) is 17.2 Å². The van der Waals surface area contributed by atoms with E-state index in [-0.39, 0.29) is 21.4 Å². The highest BCUT2D eigenvalue weighted by atomic mass is 35.5. The molecule has 0 aliphatic rings. The number of amides is 1. The molecule has 0 fully saturated rings. The second-order valence-corrected chi connectivity index (χ2v) is 11.9. The number of halogens is 1. The minimum absolute atomic E-state index is 0.0387. The highest BCUT2D eigenvalue weighted by molar-refractivity contribution is 7.91. The van der Waals surface area contributed by atoms with Gasteiger partial charge in [-0.25, -0.2) is 13.4 Å². The normalized spacial score (nSPS) is 12.4. The molecule has 0 saturated heterocycles. The van der Waals surface area contributed by atoms with Crippen molar-refractivity contribution in [1.29, 1.82) is 0 Å². The number of nitrogens with one attached hydrogen (secondary N) is 1. The van der Waals surface area contributed by atoms with Gasteiger partial charge in [-0.1, -0.05) is 42.0 Å². The first-order valence-corrected chi connectivity index (χ1v) is 14.6. The number of aromatic nitrogens is 1. The van der Waals surface area contributed by atoms with Crippen LogP contribution in [0.2, 0.25) is 5.02 Å². The fourth-order valence-corrected chi connectivity index (χ4v) is 5.73. The minimum Gasteiger partial charge on any atom is -0.493 e. The molecular formula is C27H26ClN3O6S2. The third-order valence-electron chi connectivity index (χ3n) is 5.76. The van der Waals surface area contributed by atoms with Crippen LogP contribution < -0.4 is 19.5 Å². The van der Waals surface area contributed by atoms with Crippen LogP contribution in [-0.2, 0) is 14.6 Å². The maximum Gasteiger partial charge on any atom is 0.271 e. The molecule has 1 heterocycles. The predicted octanol–water partition coefficient (Wildman–Crippen LogP) is 5.57. The van der Waals surface area contributed by atoms with Crippen LogP contribution in [0.15, 0.2) is 64.5 Å². The van der Waals surface area contributed by atoms with E-state index in [2.05, 4.69) is 15.3 Å². The molecule has 1 aromatic heterocycles. The van der Waals surface area contributed by atoms with Crippen LogP contribution >= 0.6 is 22.9 Å². The zero-order chi connectivity index (χ0) is 28.2. The van der Waals surface area contributed by atoms with Gasteiger partial charge in [-0.3, -0.25) is 15.1 Å². The second kappa shape index (κ2) is 12.0. The number of methoxy groups -OCH3 is 2. The maximum absolute atomic E-state index is 13.6. The molecule has 0 aliphatic carbocycles. The molecule has 39 heavy (non-hydrogen) atoms. The molecule has 3 aromatic carbocycles. The molecule has 0 saturated carbocycles. The van der Waals surface area contributed by atoms with Crippen LogP contribution in [0.25, 0.3) is 10.2 Å². The summed E-state index contributed by atoms with van der Waals surface area (Å²) in [4.78, 5) is 22.2. The van der Waals surface area contributed by atoms with E-state index in [1.807, 2.05) is 0 Å². The number of sulfone groups is 1. The number of fused-ring (bicyclic) bond motifs is 1. The fourth-order valence-electron chi connectivity index (χ4n) is 3.74. The van der Waals surface area contributed by atoms with Gasteiger partial charge in [0.25, 0.3) is 5.91 Å². The van der Waals surface area contributed by atoms with Crippen molar-refractivity contribution < 1.29 is 27.4 Å². The van der Waals surface area contributed by atoms with Gasteiger partial charge < -0.3 is 14.2 Å². The number of carbonyl (C=O) groups is 1. The van der Waals surface area contributed by atoms with E-state index < -0.39 is 21.8 Å². The highest BCUT2D eigenvalue weighted by Crippen LogP contribution is 2.37. The van der Waals surface area contributed by atoms with E-state index >= 15 is 0 Å². The summed E-state index contributed by atoms with van der Waals surface area (Å²) >= 11 is 7.70. The summed E-state index contributed by atoms with van der Waals surface area (Å²) in [5, 5.41) is 3.44. The minimum atomic E-state index is -3.42. The van der Waals surface area contributed by atoms with E-state index in [1.165, 1.54) is 30.6 Å². The average Bonchev–Trinajstić information content (AvgIpc) is 3.32. The second-order valence-electron chi connectivity index (χ2n) is 8.23. The highest BCUT2D eigenvalue weighted by Gasteiger charge is 2.26. The van der Waals surface area contributed by atoms with E-state index in [4.69, 9.17) is 25.8 Å². The smallest absolute Gasteiger partial charge is 0.271 e. The number of nitrogens with zero attached hydrogens (tertiary/aromatic N) is 2. The van der Waals surface area contributed by atoms with E-state index in [0.717, 1.165) is 10.3 Å². The van der Waals surface area contributed by atoms with Crippen LogP contribution in [0.4, 0.5) is 5.13 Å². The quantitative estimate of drug-likeness (QED) is 0.241. The number of carbonyl (C=O) groups excluding carboxylic acids is 1. The third kappa shape index (κ3) is 6.32. The Balaban J connectivity index is 1.68. The summed E-state index contributed by atoms with van der Waals surface area (Å²) in [5.74, 6) is 0.774. The standard InChI is InChI=1S/C27H26ClN3O6S2/c1-5-39(33,34)18-9-7-17(8-10-18)25(37-21-11-6-16(15-29-2)12-19(21)28)26(32)31-27-30-20-13-22(35-3)23(36-4)14-24(20)38-27/h6-15,25H,5H2,1-4H3,(H,30,31,32). The van der Waals surface area contributed by atoms with Crippen molar-refractivity contribution in [3.05, 3.63) is 70.7 Å². The van der Waals surface area contributed by atoms with Gasteiger partial charge in [0.2, 0.25) is 6.10 Å². The number of hydrogen-bond acceptors (Lipinski definition) is 9. The van der Waals surface area contributed by atoms with Crippen molar-refractivity contribution in [3.63, 3.8) is 0 Å². The number of hydrogen-bond donors (Lipinski definition) is 1. The van der Waals surface area contributed by atoms with Crippen molar-refractivity contribution in [2.24, 2.45) is 4.99 Å². The lowest BCUT2D eigenvalue weighted by Gasteiger charge is -2.20. The Morgan fingerprint density at radius 1 is 1.08 bits per heavy atom. The van der Waals surface area contributed by atoms with Gasteiger partial charge in [-0.2, -0.15) is 0 Å². The SMILES string of the molecule is CCS(=O)(=O)c1ccc(C(Oc2ccc(C=NC)cc2Cl)C(=O)Nc2nc3cc(OC)c(OC)cc3s2)cc1. The molecule has 1 amide bonds. The first-order chi connectivity index (χ1) is 18.7. The topological polar surface area (TPSA) is 116 Å². The Labute approximate surface area is 235 Å². The molecule has 12 heteroatoms. The Morgan fingerprint density at radius 2 is 1.77 bits per heavy atom. The number of aliphatic imine (C=N–C) groups is 1. The van der Waals surface area contributed by atoms with Crippen LogP contribution in [0.3, 0.4) is 0 Å². The van der Waals surface area contributed by atoms with E-state index in [1.54, 1.807) is 69.8 Å². The molecule has 4 rings (SSSR count). The number of benzene rings is 3. The van der Waals surface area contributed by atoms with Gasteiger partial charge in [0.05, 0.1) is 40.1 Å². The zero-order valence-electron chi connectivity index (χ0n) is 21.6. The Kier molecular flexibility index (Phi) is 8.73. The molecule has 9 nitrogen and oxygen atoms in total. The molecule has 0 spiro atoms. The summed E-state index contributed by atoms with van der Waals surface area (Å²) in [6.45, 7) is 1.57. The summed E-state index contributed by atoms with van der Waals surface area (Å²) < 4.78 is 42.2. The summed E-state index contributed by atoms with van der Waals surface area (Å²) in [6.07, 6.45) is 0.479. The van der Waals surface area contributed by atoms with E-state index in [0.29, 0.717) is 27.7 Å². The summed E-state index contributed by atoms with van der Waals surface area (Å²) in [6, 6.07) is 14.6. The maximum atomic E-state index is 13.6. The van der Waals surface area contributed by atoms with Crippen molar-refractivity contribution >= 4 is 60.2 Å². The van der Waals surface area contributed by atoms with Gasteiger partial charge >= 0.3 is 0 Å². The number of rotatable bonds is 10. The van der Waals surface area contributed by atoms with Crippen LogP contribution in [-0.4, -0.2) is 52.5 Å². The Morgan fingerprint density at radius 3 is 2.38 bits per heavy atom.